The predicted octanol–water partition coefficient (Wildman–Crippen LogP) is 6.18. The Morgan fingerprint density at radius 2 is 0.625 bits per heavy atom. The van der Waals surface area contributed by atoms with Gasteiger partial charge in [-0.3, -0.25) is 9.80 Å². The Morgan fingerprint density at radius 3 is 0.844 bits per heavy atom. The molecule has 0 spiro atoms. The summed E-state index contributed by atoms with van der Waals surface area (Å²) in [5.41, 5.74) is 2.07. The van der Waals surface area contributed by atoms with Crippen LogP contribution >= 0.6 is 0 Å². The molecule has 5 rings (SSSR count). The van der Waals surface area contributed by atoms with Crippen LogP contribution < -0.4 is 0 Å². The third-order valence-corrected chi connectivity index (χ3v) is 5.56. The van der Waals surface area contributed by atoms with E-state index in [1.54, 1.807) is 121 Å². The average Bonchev–Trinajstić information content (AvgIpc) is 2.95. The van der Waals surface area contributed by atoms with Crippen LogP contribution in [0.25, 0.3) is 0 Å². The van der Waals surface area contributed by atoms with E-state index < -0.39 is 38.1 Å². The van der Waals surface area contributed by atoms with Crippen molar-refractivity contribution in [3.05, 3.63) is 144 Å². The van der Waals surface area contributed by atoms with Crippen molar-refractivity contribution in [1.82, 2.24) is 9.80 Å². The van der Waals surface area contributed by atoms with Crippen molar-refractivity contribution in [3.8, 4) is 0 Å². The molecule has 0 amide bonds. The van der Waals surface area contributed by atoms with E-state index in [1.807, 2.05) is 0 Å². The first-order chi connectivity index (χ1) is 18.9. The van der Waals surface area contributed by atoms with Gasteiger partial charge in [0.2, 0.25) is 0 Å². The molecule has 1 aliphatic rings. The van der Waals surface area contributed by atoms with E-state index in [-0.39, 0.29) is 0 Å². The van der Waals surface area contributed by atoms with Gasteiger partial charge in [0, 0.05) is 37.0 Å². The predicted molar refractivity (Wildman–Crippen MR) is 133 cm³/mol. The summed E-state index contributed by atoms with van der Waals surface area (Å²) in [4.78, 5) is 1.49. The summed E-state index contributed by atoms with van der Waals surface area (Å²) in [6, 6.07) is 32.6. The van der Waals surface area contributed by atoms with Crippen molar-refractivity contribution in [3.63, 3.8) is 0 Å². The molecule has 0 unspecified atom stereocenters. The van der Waals surface area contributed by atoms with Crippen molar-refractivity contribution in [1.29, 1.82) is 0 Å². The van der Waals surface area contributed by atoms with Crippen LogP contribution in [-0.2, 0) is 0 Å². The first-order valence-electron chi connectivity index (χ1n) is 14.7. The molecule has 0 radical (unpaired) electrons. The average molecular weight is 427 g/mol. The molecule has 1 aliphatic heterocycles. The Hall–Kier alpha value is -3.20. The Labute approximate surface area is 203 Å². The van der Waals surface area contributed by atoms with E-state index in [1.165, 1.54) is 0 Å². The van der Waals surface area contributed by atoms with Gasteiger partial charge in [0.05, 0.1) is 12.1 Å². The van der Waals surface area contributed by atoms with Gasteiger partial charge in [-0.15, -0.1) is 0 Å². The zero-order chi connectivity index (χ0) is 28.8. The summed E-state index contributed by atoms with van der Waals surface area (Å²) in [6.45, 7) is -12.0. The first kappa shape index (κ1) is 13.4. The lowest BCUT2D eigenvalue weighted by Gasteiger charge is -2.43. The summed E-state index contributed by atoms with van der Waals surface area (Å²) in [5.74, 6) is 0. The maximum absolute atomic E-state index is 9.27. The lowest BCUT2D eigenvalue weighted by atomic mass is 9.94. The second-order valence-corrected chi connectivity index (χ2v) is 7.64. The summed E-state index contributed by atoms with van der Waals surface area (Å²) < 4.78 is 74.1. The number of nitrogens with zero attached hydrogens (tertiary/aromatic N) is 2. The minimum atomic E-state index is -3.00. The minimum absolute atomic E-state index is 0.518. The zero-order valence-corrected chi connectivity index (χ0v) is 17.6. The molecule has 1 heterocycles. The van der Waals surface area contributed by atoms with E-state index in [0.717, 1.165) is 9.80 Å². The number of hydrogen-bond donors (Lipinski definition) is 0. The van der Waals surface area contributed by atoms with Crippen LogP contribution in [0.3, 0.4) is 0 Å². The Balaban J connectivity index is 1.76. The molecule has 0 aromatic heterocycles. The molecule has 2 heteroatoms. The fraction of sp³-hybridized carbons (Fsp3) is 0.200. The molecule has 0 saturated carbocycles. The summed E-state index contributed by atoms with van der Waals surface area (Å²) in [5, 5.41) is 0. The standard InChI is InChI=1S/C30H30N2/c1-5-13-25(14-6-1)29(26-15-7-2-8-16-26)31-21-23-32(24-22-31)30(27-17-9-3-10-18-27)28-19-11-4-12-20-28/h1-20,29-30H,21-24H2/i21D2,22D2,23D2,24D2. The van der Waals surface area contributed by atoms with Crippen LogP contribution in [-0.4, -0.2) is 35.8 Å². The van der Waals surface area contributed by atoms with Crippen molar-refractivity contribution in [2.75, 3.05) is 26.0 Å². The van der Waals surface area contributed by atoms with Gasteiger partial charge in [0.1, 0.15) is 0 Å². The third kappa shape index (κ3) is 4.52. The summed E-state index contributed by atoms with van der Waals surface area (Å²) in [6.07, 6.45) is 0. The fourth-order valence-electron chi connectivity index (χ4n) is 4.05. The molecule has 32 heavy (non-hydrogen) atoms. The quantitative estimate of drug-likeness (QED) is 0.363. The van der Waals surface area contributed by atoms with Gasteiger partial charge in [0.25, 0.3) is 0 Å². The van der Waals surface area contributed by atoms with E-state index in [2.05, 4.69) is 0 Å². The zero-order valence-electron chi connectivity index (χ0n) is 25.6. The highest BCUT2D eigenvalue weighted by atomic mass is 15.3. The second kappa shape index (κ2) is 9.95. The maximum Gasteiger partial charge on any atom is 0.0602 e. The molecule has 4 aromatic carbocycles. The Morgan fingerprint density at radius 1 is 0.406 bits per heavy atom. The van der Waals surface area contributed by atoms with Gasteiger partial charge >= 0.3 is 0 Å². The number of hydrogen-bond acceptors (Lipinski definition) is 2. The van der Waals surface area contributed by atoms with E-state index in [0.29, 0.717) is 22.3 Å². The SMILES string of the molecule is [2H]C1([2H])N(C(c2ccccc2)c2ccccc2)C([2H])([2H])C([2H])([2H])N(C(c2ccccc2)c2ccccc2)C1([2H])[2H]. The Kier molecular flexibility index (Phi) is 4.16. The maximum atomic E-state index is 9.27. The minimum Gasteiger partial charge on any atom is -0.290 e. The first-order valence-corrected chi connectivity index (χ1v) is 10.7. The fourth-order valence-corrected chi connectivity index (χ4v) is 4.05. The molecule has 2 nitrogen and oxygen atoms in total. The van der Waals surface area contributed by atoms with Crippen LogP contribution in [0.2, 0.25) is 0 Å². The largest absolute Gasteiger partial charge is 0.290 e. The highest BCUT2D eigenvalue weighted by Gasteiger charge is 2.30. The Bertz CT molecular complexity index is 1200. The normalized spacial score (nSPS) is 25.3. The summed E-state index contributed by atoms with van der Waals surface area (Å²) in [7, 11) is 0. The topological polar surface area (TPSA) is 6.48 Å². The van der Waals surface area contributed by atoms with E-state index >= 15 is 0 Å². The lowest BCUT2D eigenvalue weighted by Crippen LogP contribution is -2.49. The van der Waals surface area contributed by atoms with E-state index in [9.17, 15) is 11.0 Å². The molecule has 0 aliphatic carbocycles. The number of rotatable bonds is 6. The van der Waals surface area contributed by atoms with Crippen LogP contribution in [0.4, 0.5) is 0 Å². The highest BCUT2D eigenvalue weighted by molar-refractivity contribution is 5.34. The van der Waals surface area contributed by atoms with Gasteiger partial charge in [-0.1, -0.05) is 121 Å². The number of benzene rings is 4. The smallest absolute Gasteiger partial charge is 0.0602 e. The molecule has 1 fully saturated rings. The highest BCUT2D eigenvalue weighted by Crippen LogP contribution is 2.33. The monoisotopic (exact) mass is 426 g/mol. The van der Waals surface area contributed by atoms with Crippen LogP contribution in [0.5, 0.6) is 0 Å². The molecule has 1 saturated heterocycles. The van der Waals surface area contributed by atoms with Crippen LogP contribution in [0, 0.1) is 0 Å². The van der Waals surface area contributed by atoms with Crippen LogP contribution in [0.15, 0.2) is 121 Å². The van der Waals surface area contributed by atoms with E-state index in [4.69, 9.17) is 0 Å². The van der Waals surface area contributed by atoms with Crippen molar-refractivity contribution < 1.29 is 11.0 Å². The molecule has 0 N–H and O–H groups in total. The van der Waals surface area contributed by atoms with Gasteiger partial charge in [-0.25, -0.2) is 0 Å². The molecule has 160 valence electrons. The van der Waals surface area contributed by atoms with Gasteiger partial charge in [-0.2, -0.15) is 0 Å². The molecule has 4 aromatic rings. The van der Waals surface area contributed by atoms with Crippen LogP contribution in [0.1, 0.15) is 45.3 Å². The second-order valence-electron chi connectivity index (χ2n) is 7.64. The third-order valence-electron chi connectivity index (χ3n) is 5.56. The van der Waals surface area contributed by atoms with Gasteiger partial charge in [-0.05, 0) is 22.3 Å². The van der Waals surface area contributed by atoms with Crippen molar-refractivity contribution in [2.24, 2.45) is 0 Å². The molecule has 0 bridgehead atoms. The molecular formula is C30H30N2. The molecular weight excluding hydrogens is 388 g/mol. The lowest BCUT2D eigenvalue weighted by molar-refractivity contribution is 0.0898. The van der Waals surface area contributed by atoms with Crippen molar-refractivity contribution in [2.45, 2.75) is 12.1 Å². The molecule has 0 atom stereocenters. The van der Waals surface area contributed by atoms with Gasteiger partial charge in [0.15, 0.2) is 0 Å². The summed E-state index contributed by atoms with van der Waals surface area (Å²) >= 11 is 0. The van der Waals surface area contributed by atoms with Crippen molar-refractivity contribution >= 4 is 0 Å². The van der Waals surface area contributed by atoms with Gasteiger partial charge < -0.3 is 0 Å². The number of piperazine rings is 1.